The van der Waals surface area contributed by atoms with Crippen molar-refractivity contribution in [3.63, 3.8) is 0 Å². The third kappa shape index (κ3) is 7.20. The molecule has 11 heteroatoms. The van der Waals surface area contributed by atoms with E-state index in [9.17, 15) is 4.79 Å². The number of rotatable bonds is 10. The molecule has 0 radical (unpaired) electrons. The fraction of sp³-hybridized carbons (Fsp3) is 0.633. The number of amides is 1. The monoisotopic (exact) mass is 566 g/mol. The van der Waals surface area contributed by atoms with Crippen molar-refractivity contribution >= 4 is 28.9 Å². The lowest BCUT2D eigenvalue weighted by atomic mass is 10.0. The number of carbonyl (C=O) groups is 1. The number of piperidine rings is 1. The molecule has 2 aromatic rings. The zero-order valence-corrected chi connectivity index (χ0v) is 24.8. The van der Waals surface area contributed by atoms with Gasteiger partial charge in [-0.2, -0.15) is 0 Å². The predicted octanol–water partition coefficient (Wildman–Crippen LogP) is 3.09. The van der Waals surface area contributed by atoms with E-state index in [-0.39, 0.29) is 11.7 Å². The number of hydrogen-bond acceptors (Lipinski definition) is 10. The lowest BCUT2D eigenvalue weighted by Crippen LogP contribution is -2.53. The van der Waals surface area contributed by atoms with Crippen molar-refractivity contribution in [2.45, 2.75) is 57.5 Å². The minimum atomic E-state index is -0.610. The first-order valence-corrected chi connectivity index (χ1v) is 15.1. The number of anilines is 4. The van der Waals surface area contributed by atoms with Gasteiger partial charge in [-0.15, -0.1) is 0 Å². The Labute approximate surface area is 243 Å². The van der Waals surface area contributed by atoms with Crippen molar-refractivity contribution in [1.29, 1.82) is 0 Å². The number of nitrogens with zero attached hydrogens (tertiary/aromatic N) is 5. The summed E-state index contributed by atoms with van der Waals surface area (Å²) in [5, 5.41) is 6.86. The number of piperazine rings is 1. The van der Waals surface area contributed by atoms with Gasteiger partial charge >= 0.3 is 0 Å². The van der Waals surface area contributed by atoms with Crippen LogP contribution in [-0.2, 0) is 11.2 Å². The largest absolute Gasteiger partial charge is 0.495 e. The average Bonchev–Trinajstić information content (AvgIpc) is 2.99. The number of benzene rings is 1. The summed E-state index contributed by atoms with van der Waals surface area (Å²) in [4.78, 5) is 29.4. The molecule has 0 unspecified atom stereocenters. The summed E-state index contributed by atoms with van der Waals surface area (Å²) in [5.41, 5.74) is 8.48. The third-order valence-electron chi connectivity index (χ3n) is 8.55. The Bertz CT molecular complexity index is 1170. The molecule has 11 nitrogen and oxygen atoms in total. The summed E-state index contributed by atoms with van der Waals surface area (Å²) < 4.78 is 11.3. The van der Waals surface area contributed by atoms with E-state index in [4.69, 9.17) is 20.2 Å². The van der Waals surface area contributed by atoms with E-state index in [0.29, 0.717) is 24.1 Å². The van der Waals surface area contributed by atoms with Crippen LogP contribution in [0.3, 0.4) is 0 Å². The van der Waals surface area contributed by atoms with Crippen LogP contribution in [0.1, 0.15) is 55.2 Å². The molecule has 0 saturated carbocycles. The highest BCUT2D eigenvalue weighted by atomic mass is 16.5. The molecule has 0 atom stereocenters. The van der Waals surface area contributed by atoms with Gasteiger partial charge in [-0.05, 0) is 64.4 Å². The van der Waals surface area contributed by atoms with Gasteiger partial charge in [0.25, 0.3) is 5.91 Å². The first kappa shape index (κ1) is 29.3. The molecule has 1 aromatic heterocycles. The van der Waals surface area contributed by atoms with Crippen molar-refractivity contribution in [3.8, 4) is 5.75 Å². The van der Waals surface area contributed by atoms with Crippen molar-refractivity contribution in [2.75, 3.05) is 82.2 Å². The van der Waals surface area contributed by atoms with Crippen LogP contribution in [0.25, 0.3) is 0 Å². The first-order valence-electron chi connectivity index (χ1n) is 15.1. The van der Waals surface area contributed by atoms with Gasteiger partial charge in [0.15, 0.2) is 17.3 Å². The quantitative estimate of drug-likeness (QED) is 0.396. The molecule has 3 fully saturated rings. The van der Waals surface area contributed by atoms with Gasteiger partial charge in [0.2, 0.25) is 0 Å². The zero-order chi connectivity index (χ0) is 28.8. The van der Waals surface area contributed by atoms with Gasteiger partial charge in [-0.25, -0.2) is 9.97 Å². The maximum absolute atomic E-state index is 12.4. The predicted molar refractivity (Wildman–Crippen MR) is 163 cm³/mol. The second-order valence-corrected chi connectivity index (χ2v) is 11.4. The summed E-state index contributed by atoms with van der Waals surface area (Å²) >= 11 is 0. The fourth-order valence-electron chi connectivity index (χ4n) is 6.13. The number of aryl methyl sites for hydroxylation is 1. The number of nitrogens with one attached hydrogen (secondary N) is 2. The van der Waals surface area contributed by atoms with Crippen LogP contribution in [0, 0.1) is 0 Å². The highest BCUT2D eigenvalue weighted by molar-refractivity contribution is 5.96. The Morgan fingerprint density at radius 3 is 2.44 bits per heavy atom. The Morgan fingerprint density at radius 1 is 1.05 bits per heavy atom. The van der Waals surface area contributed by atoms with Crippen molar-refractivity contribution < 1.29 is 14.3 Å². The number of primary amides is 1. The van der Waals surface area contributed by atoms with E-state index in [0.717, 1.165) is 81.5 Å². The fourth-order valence-corrected chi connectivity index (χ4v) is 6.13. The Kier molecular flexibility index (Phi) is 9.79. The Balaban J connectivity index is 1.32. The van der Waals surface area contributed by atoms with E-state index >= 15 is 0 Å². The first-order chi connectivity index (χ1) is 19.9. The maximum atomic E-state index is 12.4. The molecule has 41 heavy (non-hydrogen) atoms. The van der Waals surface area contributed by atoms with Gasteiger partial charge in [-0.1, -0.05) is 13.3 Å². The zero-order valence-electron chi connectivity index (χ0n) is 24.8. The van der Waals surface area contributed by atoms with E-state index in [2.05, 4.69) is 50.4 Å². The van der Waals surface area contributed by atoms with Crippen molar-refractivity contribution in [2.24, 2.45) is 5.73 Å². The van der Waals surface area contributed by atoms with Crippen molar-refractivity contribution in [3.05, 3.63) is 29.6 Å². The number of carbonyl (C=O) groups excluding carboxylic acids is 1. The number of hydrogen-bond donors (Lipinski definition) is 3. The smallest absolute Gasteiger partial charge is 0.271 e. The number of ether oxygens (including phenoxy) is 2. The lowest BCUT2D eigenvalue weighted by Gasteiger charge is -2.43. The molecule has 5 rings (SSSR count). The number of likely N-dealkylation sites (tertiary alicyclic amines) is 1. The number of aromatic nitrogens is 2. The highest BCUT2D eigenvalue weighted by Gasteiger charge is 2.28. The molecule has 3 aliphatic rings. The molecular weight excluding hydrogens is 520 g/mol. The summed E-state index contributed by atoms with van der Waals surface area (Å²) in [6.07, 6.45) is 5.89. The molecule has 0 spiro atoms. The van der Waals surface area contributed by atoms with Crippen LogP contribution >= 0.6 is 0 Å². The van der Waals surface area contributed by atoms with Gasteiger partial charge in [-0.3, -0.25) is 9.69 Å². The molecule has 4 N–H and O–H groups in total. The van der Waals surface area contributed by atoms with Crippen LogP contribution in [0.5, 0.6) is 5.75 Å². The van der Waals surface area contributed by atoms with E-state index in [1.807, 2.05) is 12.1 Å². The SMILES string of the molecule is CCCc1nc(C(N)=O)c(Nc2ccc(N3CCN(C4CCN(C)CC4)CC3)c(OC)c2)nc1NC1CCOCC1. The van der Waals surface area contributed by atoms with E-state index in [1.165, 1.54) is 25.9 Å². The molecule has 1 aromatic carbocycles. The van der Waals surface area contributed by atoms with Crippen LogP contribution in [0.2, 0.25) is 0 Å². The van der Waals surface area contributed by atoms with Gasteiger partial charge in [0.05, 0.1) is 18.5 Å². The second-order valence-electron chi connectivity index (χ2n) is 11.4. The van der Waals surface area contributed by atoms with Crippen LogP contribution in [-0.4, -0.2) is 104 Å². The minimum Gasteiger partial charge on any atom is -0.495 e. The van der Waals surface area contributed by atoms with E-state index in [1.54, 1.807) is 7.11 Å². The molecule has 3 saturated heterocycles. The molecule has 0 bridgehead atoms. The lowest BCUT2D eigenvalue weighted by molar-refractivity contribution is 0.0903. The van der Waals surface area contributed by atoms with E-state index < -0.39 is 5.91 Å². The van der Waals surface area contributed by atoms with Crippen LogP contribution < -0.4 is 26.0 Å². The highest BCUT2D eigenvalue weighted by Crippen LogP contribution is 2.34. The topological polar surface area (TPSA) is 121 Å². The Hall–Kier alpha value is -3.15. The summed E-state index contributed by atoms with van der Waals surface area (Å²) in [6, 6.07) is 6.98. The average molecular weight is 567 g/mol. The summed E-state index contributed by atoms with van der Waals surface area (Å²) in [7, 11) is 3.91. The molecule has 224 valence electrons. The molecule has 0 aliphatic carbocycles. The number of nitrogens with two attached hydrogens (primary N) is 1. The molecule has 3 aliphatic heterocycles. The standard InChI is InChI=1S/C30H46N8O3/c1-4-5-24-29(32-21-10-18-41-19-11-21)35-30(27(34-24)28(31)39)33-22-6-7-25(26(20-22)40-3)38-16-14-37(15-17-38)23-8-12-36(2)13-9-23/h6-7,20-21,23H,4-5,8-19H2,1-3H3,(H2,31,39)(H2,32,33,35). The van der Waals surface area contributed by atoms with Crippen molar-refractivity contribution in [1.82, 2.24) is 19.8 Å². The van der Waals surface area contributed by atoms with Crippen LogP contribution in [0.4, 0.5) is 23.0 Å². The third-order valence-corrected chi connectivity index (χ3v) is 8.55. The Morgan fingerprint density at radius 2 is 1.78 bits per heavy atom. The molecule has 1 amide bonds. The maximum Gasteiger partial charge on any atom is 0.271 e. The van der Waals surface area contributed by atoms with Crippen LogP contribution in [0.15, 0.2) is 18.2 Å². The second kappa shape index (κ2) is 13.7. The van der Waals surface area contributed by atoms with Gasteiger partial charge < -0.3 is 35.6 Å². The summed E-state index contributed by atoms with van der Waals surface area (Å²) in [6.45, 7) is 9.94. The molecule has 4 heterocycles. The molecular formula is C30H46N8O3. The van der Waals surface area contributed by atoms with Gasteiger partial charge in [0.1, 0.15) is 5.75 Å². The van der Waals surface area contributed by atoms with Gasteiger partial charge in [0, 0.05) is 63.2 Å². The normalized spacial score (nSPS) is 19.7. The number of methoxy groups -OCH3 is 1. The summed E-state index contributed by atoms with van der Waals surface area (Å²) in [5.74, 6) is 1.20. The minimum absolute atomic E-state index is 0.138.